The molecule has 5 rings (SSSR count). The fourth-order valence-corrected chi connectivity index (χ4v) is 4.36. The van der Waals surface area contributed by atoms with Crippen molar-refractivity contribution in [2.24, 2.45) is 0 Å². The maximum atomic E-state index is 13.6. The zero-order chi connectivity index (χ0) is 24.2. The van der Waals surface area contributed by atoms with E-state index < -0.39 is 12.1 Å². The summed E-state index contributed by atoms with van der Waals surface area (Å²) >= 11 is 3.50. The molecule has 35 heavy (non-hydrogen) atoms. The average Bonchev–Trinajstić information content (AvgIpc) is 2.91. The van der Waals surface area contributed by atoms with E-state index in [0.29, 0.717) is 33.3 Å². The molecule has 1 aromatic heterocycles. The van der Waals surface area contributed by atoms with E-state index in [1.54, 1.807) is 42.5 Å². The first-order chi connectivity index (χ1) is 17.1. The van der Waals surface area contributed by atoms with Gasteiger partial charge in [0.15, 0.2) is 6.10 Å². The fourth-order valence-electron chi connectivity index (χ4n) is 3.97. The highest BCUT2D eigenvalue weighted by Gasteiger charge is 2.27. The maximum Gasteiger partial charge on any atom is 0.339 e. The number of pyridine rings is 1. The van der Waals surface area contributed by atoms with E-state index in [4.69, 9.17) is 9.72 Å². The Hall–Kier alpha value is -4.09. The number of rotatable bonds is 6. The van der Waals surface area contributed by atoms with Crippen molar-refractivity contribution in [1.82, 2.24) is 4.98 Å². The molecule has 5 aromatic rings. The Morgan fingerprint density at radius 1 is 0.743 bits per heavy atom. The van der Waals surface area contributed by atoms with Crippen LogP contribution < -0.4 is 0 Å². The minimum absolute atomic E-state index is 0.282. The summed E-state index contributed by atoms with van der Waals surface area (Å²) in [7, 11) is 0. The Labute approximate surface area is 211 Å². The van der Waals surface area contributed by atoms with Crippen LogP contribution >= 0.6 is 15.9 Å². The van der Waals surface area contributed by atoms with E-state index >= 15 is 0 Å². The number of hydrogen-bond donors (Lipinski definition) is 0. The highest BCUT2D eigenvalue weighted by Crippen LogP contribution is 2.30. The highest BCUT2D eigenvalue weighted by atomic mass is 79.9. The summed E-state index contributed by atoms with van der Waals surface area (Å²) in [6.07, 6.45) is -1.08. The van der Waals surface area contributed by atoms with E-state index in [9.17, 15) is 9.59 Å². The van der Waals surface area contributed by atoms with Gasteiger partial charge in [-0.25, -0.2) is 9.78 Å². The van der Waals surface area contributed by atoms with Crippen LogP contribution in [0.1, 0.15) is 32.4 Å². The lowest BCUT2D eigenvalue weighted by molar-refractivity contribution is 0.0282. The first-order valence-corrected chi connectivity index (χ1v) is 11.9. The molecular formula is C30H20BrNO3. The maximum absolute atomic E-state index is 13.6. The van der Waals surface area contributed by atoms with Gasteiger partial charge < -0.3 is 4.74 Å². The number of fused-ring (bicyclic) bond motifs is 1. The molecule has 0 aliphatic carbocycles. The number of para-hydroxylation sites is 1. The standard InChI is InChI=1S/C30H20BrNO3/c31-23-15-9-14-22(18-23)27-19-25(24-16-7-8-17-26(24)32-27)30(34)35-29(21-12-5-2-6-13-21)28(33)20-10-3-1-4-11-20/h1-19,29H. The SMILES string of the molecule is O=C(OC(C(=O)c1ccccc1)c1ccccc1)c1cc(-c2cccc(Br)c2)nc2ccccc12. The van der Waals surface area contributed by atoms with Crippen molar-refractivity contribution in [3.05, 3.63) is 136 Å². The lowest BCUT2D eigenvalue weighted by atomic mass is 9.99. The number of nitrogens with zero attached hydrogens (tertiary/aromatic N) is 1. The first kappa shape index (κ1) is 22.7. The van der Waals surface area contributed by atoms with Gasteiger partial charge in [0.1, 0.15) is 0 Å². The van der Waals surface area contributed by atoms with E-state index in [1.807, 2.05) is 72.8 Å². The second-order valence-corrected chi connectivity index (χ2v) is 8.92. The molecule has 5 heteroatoms. The Kier molecular flexibility index (Phi) is 6.51. The average molecular weight is 522 g/mol. The normalized spacial score (nSPS) is 11.7. The molecule has 4 nitrogen and oxygen atoms in total. The van der Waals surface area contributed by atoms with E-state index in [0.717, 1.165) is 10.0 Å². The number of carbonyl (C=O) groups excluding carboxylic acids is 2. The molecule has 4 aromatic carbocycles. The summed E-state index contributed by atoms with van der Waals surface area (Å²) in [6, 6.07) is 34.8. The molecule has 0 aliphatic rings. The number of ketones is 1. The van der Waals surface area contributed by atoms with Gasteiger partial charge in [-0.2, -0.15) is 0 Å². The van der Waals surface area contributed by atoms with Gasteiger partial charge in [0.05, 0.1) is 16.8 Å². The number of hydrogen-bond acceptors (Lipinski definition) is 4. The fraction of sp³-hybridized carbons (Fsp3) is 0.0333. The van der Waals surface area contributed by atoms with Crippen LogP contribution in [0.3, 0.4) is 0 Å². The number of Topliss-reactive ketones (excluding diaryl/α,β-unsaturated/α-hetero) is 1. The predicted molar refractivity (Wildman–Crippen MR) is 140 cm³/mol. The number of halogens is 1. The van der Waals surface area contributed by atoms with Crippen molar-refractivity contribution >= 4 is 38.6 Å². The van der Waals surface area contributed by atoms with Gasteiger partial charge >= 0.3 is 5.97 Å². The van der Waals surface area contributed by atoms with Gasteiger partial charge in [-0.3, -0.25) is 4.79 Å². The van der Waals surface area contributed by atoms with Crippen molar-refractivity contribution in [2.75, 3.05) is 0 Å². The topological polar surface area (TPSA) is 56.3 Å². The van der Waals surface area contributed by atoms with Crippen molar-refractivity contribution < 1.29 is 14.3 Å². The smallest absolute Gasteiger partial charge is 0.339 e. The molecule has 0 bridgehead atoms. The highest BCUT2D eigenvalue weighted by molar-refractivity contribution is 9.10. The van der Waals surface area contributed by atoms with Crippen molar-refractivity contribution in [3.63, 3.8) is 0 Å². The number of esters is 1. The molecule has 0 saturated heterocycles. The molecule has 0 N–H and O–H groups in total. The van der Waals surface area contributed by atoms with Crippen LogP contribution in [0.25, 0.3) is 22.2 Å². The first-order valence-electron chi connectivity index (χ1n) is 11.1. The molecule has 1 atom stereocenters. The van der Waals surface area contributed by atoms with Crippen LogP contribution in [0.2, 0.25) is 0 Å². The van der Waals surface area contributed by atoms with E-state index in [2.05, 4.69) is 15.9 Å². The van der Waals surface area contributed by atoms with Crippen LogP contribution in [0.5, 0.6) is 0 Å². The summed E-state index contributed by atoms with van der Waals surface area (Å²) < 4.78 is 6.84. The third-order valence-corrected chi connectivity index (χ3v) is 6.17. The molecule has 0 amide bonds. The third-order valence-electron chi connectivity index (χ3n) is 5.68. The Morgan fingerprint density at radius 2 is 1.43 bits per heavy atom. The Morgan fingerprint density at radius 3 is 2.17 bits per heavy atom. The minimum Gasteiger partial charge on any atom is -0.445 e. The molecule has 1 unspecified atom stereocenters. The Balaban J connectivity index is 1.58. The number of ether oxygens (including phenoxy) is 1. The molecule has 0 radical (unpaired) electrons. The molecule has 0 fully saturated rings. The summed E-state index contributed by atoms with van der Waals surface area (Å²) in [5.74, 6) is -0.867. The van der Waals surface area contributed by atoms with Crippen LogP contribution in [-0.2, 0) is 4.74 Å². The number of benzene rings is 4. The second kappa shape index (κ2) is 10.0. The summed E-state index contributed by atoms with van der Waals surface area (Å²) in [5.41, 5.74) is 3.61. The molecule has 0 spiro atoms. The van der Waals surface area contributed by atoms with Gasteiger partial charge in [0.25, 0.3) is 0 Å². The lowest BCUT2D eigenvalue weighted by Crippen LogP contribution is -2.20. The third kappa shape index (κ3) is 4.91. The van der Waals surface area contributed by atoms with E-state index in [1.165, 1.54) is 0 Å². The van der Waals surface area contributed by atoms with E-state index in [-0.39, 0.29) is 5.78 Å². The van der Waals surface area contributed by atoms with Crippen LogP contribution in [0, 0.1) is 0 Å². The number of carbonyl (C=O) groups is 2. The minimum atomic E-state index is -1.08. The van der Waals surface area contributed by atoms with Gasteiger partial charge in [0.2, 0.25) is 5.78 Å². The van der Waals surface area contributed by atoms with Crippen molar-refractivity contribution in [3.8, 4) is 11.3 Å². The number of aromatic nitrogens is 1. The van der Waals surface area contributed by atoms with Crippen molar-refractivity contribution in [2.45, 2.75) is 6.10 Å². The van der Waals surface area contributed by atoms with Crippen molar-refractivity contribution in [1.29, 1.82) is 0 Å². The second-order valence-electron chi connectivity index (χ2n) is 8.01. The lowest BCUT2D eigenvalue weighted by Gasteiger charge is -2.18. The zero-order valence-electron chi connectivity index (χ0n) is 18.6. The van der Waals surface area contributed by atoms with Gasteiger partial charge in [0, 0.05) is 26.5 Å². The summed E-state index contributed by atoms with van der Waals surface area (Å²) in [5, 5.41) is 0.662. The van der Waals surface area contributed by atoms with Crippen LogP contribution in [0.15, 0.2) is 120 Å². The van der Waals surface area contributed by atoms with Gasteiger partial charge in [-0.15, -0.1) is 0 Å². The van der Waals surface area contributed by atoms with Crippen LogP contribution in [-0.4, -0.2) is 16.7 Å². The molecule has 170 valence electrons. The predicted octanol–water partition coefficient (Wildman–Crippen LogP) is 7.45. The monoisotopic (exact) mass is 521 g/mol. The van der Waals surface area contributed by atoms with Gasteiger partial charge in [-0.1, -0.05) is 107 Å². The zero-order valence-corrected chi connectivity index (χ0v) is 20.2. The summed E-state index contributed by atoms with van der Waals surface area (Å²) in [4.78, 5) is 31.8. The van der Waals surface area contributed by atoms with Crippen LogP contribution in [0.4, 0.5) is 0 Å². The quantitative estimate of drug-likeness (QED) is 0.172. The van der Waals surface area contributed by atoms with Gasteiger partial charge in [-0.05, 0) is 24.3 Å². The summed E-state index contributed by atoms with van der Waals surface area (Å²) in [6.45, 7) is 0. The molecular weight excluding hydrogens is 502 g/mol. The molecule has 0 saturated carbocycles. The largest absolute Gasteiger partial charge is 0.445 e. The molecule has 1 heterocycles. The molecule has 0 aliphatic heterocycles. The Bertz CT molecular complexity index is 1520.